The van der Waals surface area contributed by atoms with Crippen molar-refractivity contribution in [1.82, 2.24) is 10.2 Å². The van der Waals surface area contributed by atoms with Crippen molar-refractivity contribution in [1.29, 1.82) is 0 Å². The number of nitrogens with one attached hydrogen (secondary N) is 3. The van der Waals surface area contributed by atoms with Gasteiger partial charge in [0.15, 0.2) is 5.75 Å². The van der Waals surface area contributed by atoms with E-state index in [1.807, 2.05) is 39.1 Å². The minimum atomic E-state index is -0.434. The first-order valence-electron chi connectivity index (χ1n) is 10.4. The molecule has 0 unspecified atom stereocenters. The van der Waals surface area contributed by atoms with Crippen LogP contribution in [-0.2, 0) is 0 Å². The van der Waals surface area contributed by atoms with Gasteiger partial charge in [-0.3, -0.25) is 4.79 Å². The fraction of sp³-hybridized carbons (Fsp3) is 0.391. The highest BCUT2D eigenvalue weighted by molar-refractivity contribution is 6.04. The molecule has 1 aliphatic heterocycles. The van der Waals surface area contributed by atoms with E-state index in [-0.39, 0.29) is 30.6 Å². The van der Waals surface area contributed by atoms with Gasteiger partial charge in [0.2, 0.25) is 0 Å². The lowest BCUT2D eigenvalue weighted by atomic mass is 9.99. The number of benzene rings is 2. The van der Waals surface area contributed by atoms with E-state index < -0.39 is 6.03 Å². The van der Waals surface area contributed by atoms with E-state index in [1.54, 1.807) is 35.2 Å². The molecule has 0 radical (unpaired) electrons. The van der Waals surface area contributed by atoms with E-state index in [1.165, 1.54) is 0 Å². The maximum Gasteiger partial charge on any atom is 0.323 e. The summed E-state index contributed by atoms with van der Waals surface area (Å²) in [6, 6.07) is 13.4. The number of urea groups is 1. The molecule has 2 aromatic carbocycles. The van der Waals surface area contributed by atoms with Gasteiger partial charge in [0.1, 0.15) is 6.10 Å². The average molecular weight is 427 g/mol. The molecule has 0 aliphatic carbocycles. The van der Waals surface area contributed by atoms with Gasteiger partial charge in [0.25, 0.3) is 5.91 Å². The van der Waals surface area contributed by atoms with Crippen molar-refractivity contribution in [3.05, 3.63) is 54.1 Å². The van der Waals surface area contributed by atoms with Crippen LogP contribution in [0.15, 0.2) is 48.5 Å². The lowest BCUT2D eigenvalue weighted by Gasteiger charge is -2.37. The highest BCUT2D eigenvalue weighted by Crippen LogP contribution is 2.34. The maximum absolute atomic E-state index is 13.3. The highest BCUT2D eigenvalue weighted by atomic mass is 16.5. The number of carbonyl (C=O) groups is 2. The molecule has 0 fully saturated rings. The topological polar surface area (TPSA) is 103 Å². The number of hydrogen-bond donors (Lipinski definition) is 4. The standard InChI is InChI=1S/C23H30N4O4/c1-15-13-27(16(2)14-28)22(29)18-10-7-11-19(21(18)31-20(15)12-24-3)26-23(30)25-17-8-5-4-6-9-17/h4-11,15-16,20,24,28H,12-14H2,1-3H3,(H2,25,26,30)/t15-,16+,20-/m0/s1. The van der Waals surface area contributed by atoms with Gasteiger partial charge in [-0.2, -0.15) is 0 Å². The fourth-order valence-electron chi connectivity index (χ4n) is 3.59. The Morgan fingerprint density at radius 3 is 2.61 bits per heavy atom. The fourth-order valence-corrected chi connectivity index (χ4v) is 3.59. The average Bonchev–Trinajstić information content (AvgIpc) is 2.76. The molecule has 3 amide bonds. The quantitative estimate of drug-likeness (QED) is 0.569. The molecule has 1 heterocycles. The van der Waals surface area contributed by atoms with Crippen LogP contribution in [0, 0.1) is 5.92 Å². The summed E-state index contributed by atoms with van der Waals surface area (Å²) in [4.78, 5) is 27.6. The molecule has 4 N–H and O–H groups in total. The van der Waals surface area contributed by atoms with E-state index in [0.29, 0.717) is 35.8 Å². The molecule has 0 spiro atoms. The minimum Gasteiger partial charge on any atom is -0.486 e. The molecule has 1 aliphatic rings. The molecule has 31 heavy (non-hydrogen) atoms. The van der Waals surface area contributed by atoms with Crippen LogP contribution < -0.4 is 20.7 Å². The van der Waals surface area contributed by atoms with Crippen molar-refractivity contribution in [2.75, 3.05) is 37.4 Å². The summed E-state index contributed by atoms with van der Waals surface area (Å²) in [7, 11) is 1.84. The number of likely N-dealkylation sites (N-methyl/N-ethyl adjacent to an activating group) is 1. The number of aliphatic hydroxyl groups is 1. The Hall–Kier alpha value is -3.10. The van der Waals surface area contributed by atoms with Crippen molar-refractivity contribution < 1.29 is 19.4 Å². The van der Waals surface area contributed by atoms with Crippen LogP contribution in [0.1, 0.15) is 24.2 Å². The number of fused-ring (bicyclic) bond motifs is 1. The predicted octanol–water partition coefficient (Wildman–Crippen LogP) is 2.77. The van der Waals surface area contributed by atoms with Crippen LogP contribution in [-0.4, -0.2) is 60.8 Å². The summed E-state index contributed by atoms with van der Waals surface area (Å²) in [6.45, 7) is 4.72. The van der Waals surface area contributed by atoms with Crippen molar-refractivity contribution in [3.8, 4) is 5.75 Å². The summed E-state index contributed by atoms with van der Waals surface area (Å²) >= 11 is 0. The van der Waals surface area contributed by atoms with Crippen molar-refractivity contribution in [3.63, 3.8) is 0 Å². The smallest absolute Gasteiger partial charge is 0.323 e. The van der Waals surface area contributed by atoms with Crippen molar-refractivity contribution in [2.24, 2.45) is 5.92 Å². The predicted molar refractivity (Wildman–Crippen MR) is 121 cm³/mol. The monoisotopic (exact) mass is 426 g/mol. The van der Waals surface area contributed by atoms with Gasteiger partial charge in [-0.25, -0.2) is 4.79 Å². The maximum atomic E-state index is 13.3. The SMILES string of the molecule is CNC[C@@H]1Oc2c(NC(=O)Nc3ccccc3)cccc2C(=O)N([C@H](C)CO)C[C@@H]1C. The normalized spacial score (nSPS) is 19.5. The molecule has 3 atom stereocenters. The Bertz CT molecular complexity index is 906. The number of hydrogen-bond acceptors (Lipinski definition) is 5. The number of nitrogens with zero attached hydrogens (tertiary/aromatic N) is 1. The van der Waals surface area contributed by atoms with Crippen molar-refractivity contribution >= 4 is 23.3 Å². The molecule has 2 aromatic rings. The molecule has 0 aromatic heterocycles. The largest absolute Gasteiger partial charge is 0.486 e. The van der Waals surface area contributed by atoms with Gasteiger partial charge in [-0.15, -0.1) is 0 Å². The second-order valence-corrected chi connectivity index (χ2v) is 7.81. The zero-order valence-electron chi connectivity index (χ0n) is 18.1. The Labute approximate surface area is 182 Å². The molecule has 8 nitrogen and oxygen atoms in total. The summed E-state index contributed by atoms with van der Waals surface area (Å²) < 4.78 is 6.29. The van der Waals surface area contributed by atoms with E-state index in [2.05, 4.69) is 16.0 Å². The Kier molecular flexibility index (Phi) is 7.49. The van der Waals surface area contributed by atoms with E-state index >= 15 is 0 Å². The number of para-hydroxylation sites is 2. The third-order valence-corrected chi connectivity index (χ3v) is 5.38. The third-order valence-electron chi connectivity index (χ3n) is 5.38. The molecule has 8 heteroatoms. The first-order valence-corrected chi connectivity index (χ1v) is 10.4. The number of rotatable bonds is 6. The molecule has 3 rings (SSSR count). The molecule has 0 saturated heterocycles. The number of ether oxygens (including phenoxy) is 1. The molecule has 0 bridgehead atoms. The molecule has 0 saturated carbocycles. The van der Waals surface area contributed by atoms with Crippen LogP contribution in [0.25, 0.3) is 0 Å². The number of amides is 3. The second kappa shape index (κ2) is 10.3. The summed E-state index contributed by atoms with van der Waals surface area (Å²) in [5, 5.41) is 18.4. The third kappa shape index (κ3) is 5.34. The number of carbonyl (C=O) groups excluding carboxylic acids is 2. The van der Waals surface area contributed by atoms with Crippen LogP contribution >= 0.6 is 0 Å². The van der Waals surface area contributed by atoms with E-state index in [4.69, 9.17) is 4.74 Å². The summed E-state index contributed by atoms with van der Waals surface area (Å²) in [5.41, 5.74) is 1.41. The lowest BCUT2D eigenvalue weighted by molar-refractivity contribution is 0.0417. The van der Waals surface area contributed by atoms with Gasteiger partial charge in [0.05, 0.1) is 23.9 Å². The van der Waals surface area contributed by atoms with Crippen LogP contribution in [0.2, 0.25) is 0 Å². The Morgan fingerprint density at radius 1 is 1.19 bits per heavy atom. The molecular weight excluding hydrogens is 396 g/mol. The van der Waals surface area contributed by atoms with Gasteiger partial charge in [-0.05, 0) is 38.2 Å². The Balaban J connectivity index is 1.95. The van der Waals surface area contributed by atoms with Gasteiger partial charge in [0, 0.05) is 24.7 Å². The summed E-state index contributed by atoms with van der Waals surface area (Å²) in [5.74, 6) is 0.0980. The highest BCUT2D eigenvalue weighted by Gasteiger charge is 2.33. The van der Waals surface area contributed by atoms with Crippen molar-refractivity contribution in [2.45, 2.75) is 26.0 Å². The molecular formula is C23H30N4O4. The Morgan fingerprint density at radius 2 is 1.94 bits per heavy atom. The number of aliphatic hydroxyl groups excluding tert-OH is 1. The van der Waals surface area contributed by atoms with Crippen LogP contribution in [0.3, 0.4) is 0 Å². The van der Waals surface area contributed by atoms with Crippen LogP contribution in [0.5, 0.6) is 5.75 Å². The zero-order valence-corrected chi connectivity index (χ0v) is 18.1. The lowest BCUT2D eigenvalue weighted by Crippen LogP contribution is -2.49. The zero-order chi connectivity index (χ0) is 22.4. The first kappa shape index (κ1) is 22.6. The van der Waals surface area contributed by atoms with Gasteiger partial charge in [-0.1, -0.05) is 31.2 Å². The number of anilines is 2. The molecule has 166 valence electrons. The van der Waals surface area contributed by atoms with Crippen LogP contribution in [0.4, 0.5) is 16.2 Å². The first-order chi connectivity index (χ1) is 14.9. The van der Waals surface area contributed by atoms with Gasteiger partial charge < -0.3 is 30.7 Å². The van der Waals surface area contributed by atoms with E-state index in [9.17, 15) is 14.7 Å². The summed E-state index contributed by atoms with van der Waals surface area (Å²) in [6.07, 6.45) is -0.231. The minimum absolute atomic E-state index is 0.00440. The second-order valence-electron chi connectivity index (χ2n) is 7.81. The van der Waals surface area contributed by atoms with Gasteiger partial charge >= 0.3 is 6.03 Å². The van der Waals surface area contributed by atoms with E-state index in [0.717, 1.165) is 0 Å².